The van der Waals surface area contributed by atoms with E-state index in [4.69, 9.17) is 9.47 Å². The van der Waals surface area contributed by atoms with Crippen LogP contribution < -0.4 is 9.47 Å². The van der Waals surface area contributed by atoms with Crippen LogP contribution in [0.25, 0.3) is 0 Å². The molecule has 27 heavy (non-hydrogen) atoms. The molecule has 0 spiro atoms. The maximum Gasteiger partial charge on any atom is 0.416 e. The fraction of sp³-hybridized carbons (Fsp3) is 0.350. The number of nitrogens with zero attached hydrogens (tertiary/aromatic N) is 1. The lowest BCUT2D eigenvalue weighted by Crippen LogP contribution is -2.31. The van der Waals surface area contributed by atoms with Crippen LogP contribution in [0, 0.1) is 0 Å². The molecule has 0 radical (unpaired) electrons. The molecule has 0 saturated carbocycles. The van der Waals surface area contributed by atoms with Crippen LogP contribution >= 0.6 is 0 Å². The Kier molecular flexibility index (Phi) is 5.30. The van der Waals surface area contributed by atoms with Crippen LogP contribution in [0.5, 0.6) is 11.5 Å². The van der Waals surface area contributed by atoms with Gasteiger partial charge in [-0.2, -0.15) is 13.2 Å². The second kappa shape index (κ2) is 7.50. The van der Waals surface area contributed by atoms with Crippen LogP contribution in [0.3, 0.4) is 0 Å². The van der Waals surface area contributed by atoms with Crippen LogP contribution in [-0.4, -0.2) is 31.6 Å². The molecule has 7 heteroatoms. The van der Waals surface area contributed by atoms with Gasteiger partial charge in [0.05, 0.1) is 25.8 Å². The van der Waals surface area contributed by atoms with Crippen molar-refractivity contribution in [1.82, 2.24) is 4.90 Å². The van der Waals surface area contributed by atoms with Crippen molar-refractivity contribution in [2.45, 2.75) is 25.1 Å². The third-order valence-electron chi connectivity index (χ3n) is 4.75. The van der Waals surface area contributed by atoms with Crippen LogP contribution in [-0.2, 0) is 6.18 Å². The van der Waals surface area contributed by atoms with Gasteiger partial charge in [-0.15, -0.1) is 0 Å². The second-order valence-electron chi connectivity index (χ2n) is 6.34. The third kappa shape index (κ3) is 3.86. The molecular formula is C20H20F3NO3. The van der Waals surface area contributed by atoms with Crippen LogP contribution in [0.2, 0.25) is 0 Å². The van der Waals surface area contributed by atoms with Crippen LogP contribution in [0.1, 0.15) is 40.4 Å². The molecule has 0 aromatic heterocycles. The molecule has 1 aliphatic heterocycles. The predicted molar refractivity (Wildman–Crippen MR) is 94.0 cm³/mol. The fourth-order valence-electron chi connectivity index (χ4n) is 3.42. The number of amides is 1. The van der Waals surface area contributed by atoms with E-state index in [2.05, 4.69) is 0 Å². The van der Waals surface area contributed by atoms with Gasteiger partial charge >= 0.3 is 6.18 Å². The van der Waals surface area contributed by atoms with E-state index in [0.29, 0.717) is 24.5 Å². The van der Waals surface area contributed by atoms with Crippen molar-refractivity contribution in [1.29, 1.82) is 0 Å². The van der Waals surface area contributed by atoms with Crippen molar-refractivity contribution >= 4 is 5.91 Å². The normalized spacial score (nSPS) is 17.1. The highest BCUT2D eigenvalue weighted by Crippen LogP contribution is 2.39. The lowest BCUT2D eigenvalue weighted by Gasteiger charge is -2.27. The smallest absolute Gasteiger partial charge is 0.416 e. The number of likely N-dealkylation sites (tertiary alicyclic amines) is 1. The van der Waals surface area contributed by atoms with Gasteiger partial charge in [-0.1, -0.05) is 6.07 Å². The van der Waals surface area contributed by atoms with Crippen molar-refractivity contribution in [2.24, 2.45) is 0 Å². The number of benzene rings is 2. The Morgan fingerprint density at radius 3 is 2.56 bits per heavy atom. The molecule has 1 atom stereocenters. The van der Waals surface area contributed by atoms with Gasteiger partial charge in [-0.3, -0.25) is 4.79 Å². The highest BCUT2D eigenvalue weighted by atomic mass is 19.4. The first kappa shape index (κ1) is 19.1. The summed E-state index contributed by atoms with van der Waals surface area (Å²) in [7, 11) is 3.08. The lowest BCUT2D eigenvalue weighted by atomic mass is 10.0. The third-order valence-corrected chi connectivity index (χ3v) is 4.75. The van der Waals surface area contributed by atoms with Crippen LogP contribution in [0.4, 0.5) is 13.2 Å². The minimum atomic E-state index is -4.49. The molecule has 1 amide bonds. The minimum absolute atomic E-state index is 0.0317. The van der Waals surface area contributed by atoms with Gasteiger partial charge in [0.2, 0.25) is 0 Å². The number of ether oxygens (including phenoxy) is 2. The molecule has 2 aromatic rings. The molecule has 1 fully saturated rings. The number of methoxy groups -OCH3 is 2. The largest absolute Gasteiger partial charge is 0.497 e. The van der Waals surface area contributed by atoms with E-state index >= 15 is 0 Å². The lowest BCUT2D eigenvalue weighted by molar-refractivity contribution is -0.137. The Bertz CT molecular complexity index is 835. The van der Waals surface area contributed by atoms with Crippen molar-refractivity contribution in [2.75, 3.05) is 20.8 Å². The first-order chi connectivity index (χ1) is 12.8. The molecule has 0 aliphatic carbocycles. The summed E-state index contributed by atoms with van der Waals surface area (Å²) in [6.45, 7) is 0.481. The standard InChI is InChI=1S/C20H20F3NO3/c1-26-15-8-9-16(18(12-15)27-2)17-7-4-10-24(17)19(25)13-5-3-6-14(11-13)20(21,22)23/h3,5-6,8-9,11-12,17H,4,7,10H2,1-2H3. The SMILES string of the molecule is COc1ccc(C2CCCN2C(=O)c2cccc(C(F)(F)F)c2)c(OC)c1. The number of alkyl halides is 3. The zero-order chi connectivity index (χ0) is 19.6. The van der Waals surface area contributed by atoms with E-state index in [1.54, 1.807) is 24.1 Å². The van der Waals surface area contributed by atoms with Crippen molar-refractivity contribution in [3.8, 4) is 11.5 Å². The van der Waals surface area contributed by atoms with Gasteiger partial charge in [-0.25, -0.2) is 0 Å². The van der Waals surface area contributed by atoms with Gasteiger partial charge in [0.1, 0.15) is 11.5 Å². The number of rotatable bonds is 4. The van der Waals surface area contributed by atoms with E-state index < -0.39 is 17.6 Å². The van der Waals surface area contributed by atoms with Gasteiger partial charge in [0, 0.05) is 23.7 Å². The number of hydrogen-bond donors (Lipinski definition) is 0. The molecule has 2 aromatic carbocycles. The summed E-state index contributed by atoms with van der Waals surface area (Å²) >= 11 is 0. The molecule has 1 unspecified atom stereocenters. The Labute approximate surface area is 155 Å². The van der Waals surface area contributed by atoms with E-state index in [9.17, 15) is 18.0 Å². The molecule has 0 bridgehead atoms. The topological polar surface area (TPSA) is 38.8 Å². The first-order valence-corrected chi connectivity index (χ1v) is 8.55. The highest BCUT2D eigenvalue weighted by molar-refractivity contribution is 5.95. The average molecular weight is 379 g/mol. The maximum absolute atomic E-state index is 13.0. The van der Waals surface area contributed by atoms with Crippen molar-refractivity contribution in [3.05, 3.63) is 59.2 Å². The molecule has 1 saturated heterocycles. The zero-order valence-corrected chi connectivity index (χ0v) is 15.0. The summed E-state index contributed by atoms with van der Waals surface area (Å²) in [6.07, 6.45) is -3.00. The van der Waals surface area contributed by atoms with E-state index in [1.165, 1.54) is 19.2 Å². The van der Waals surface area contributed by atoms with Gasteiger partial charge in [0.25, 0.3) is 5.91 Å². The molecule has 144 valence electrons. The Balaban J connectivity index is 1.92. The van der Waals surface area contributed by atoms with E-state index in [0.717, 1.165) is 24.1 Å². The monoisotopic (exact) mass is 379 g/mol. The number of halogens is 3. The highest BCUT2D eigenvalue weighted by Gasteiger charge is 2.35. The average Bonchev–Trinajstić information content (AvgIpc) is 3.15. The molecule has 1 aliphatic rings. The summed E-state index contributed by atoms with van der Waals surface area (Å²) in [6, 6.07) is 9.64. The number of carbonyl (C=O) groups excluding carboxylic acids is 1. The summed E-state index contributed by atoms with van der Waals surface area (Å²) in [5.74, 6) is 0.800. The summed E-state index contributed by atoms with van der Waals surface area (Å²) in [4.78, 5) is 14.5. The first-order valence-electron chi connectivity index (χ1n) is 8.55. The Morgan fingerprint density at radius 1 is 1.11 bits per heavy atom. The molecule has 1 heterocycles. The quantitative estimate of drug-likeness (QED) is 0.773. The zero-order valence-electron chi connectivity index (χ0n) is 15.0. The van der Waals surface area contributed by atoms with Crippen LogP contribution in [0.15, 0.2) is 42.5 Å². The second-order valence-corrected chi connectivity index (χ2v) is 6.34. The summed E-state index contributed by atoms with van der Waals surface area (Å²) < 4.78 is 49.5. The predicted octanol–water partition coefficient (Wildman–Crippen LogP) is 4.70. The number of hydrogen-bond acceptors (Lipinski definition) is 3. The fourth-order valence-corrected chi connectivity index (χ4v) is 3.42. The Morgan fingerprint density at radius 2 is 1.89 bits per heavy atom. The van der Waals surface area contributed by atoms with E-state index in [1.807, 2.05) is 6.07 Å². The molecular weight excluding hydrogens is 359 g/mol. The van der Waals surface area contributed by atoms with Crippen molar-refractivity contribution < 1.29 is 27.4 Å². The van der Waals surface area contributed by atoms with Gasteiger partial charge < -0.3 is 14.4 Å². The van der Waals surface area contributed by atoms with Gasteiger partial charge in [-0.05, 0) is 43.2 Å². The van der Waals surface area contributed by atoms with Gasteiger partial charge in [0.15, 0.2) is 0 Å². The molecule has 3 rings (SSSR count). The Hall–Kier alpha value is -2.70. The minimum Gasteiger partial charge on any atom is -0.497 e. The van der Waals surface area contributed by atoms with E-state index in [-0.39, 0.29) is 11.6 Å². The maximum atomic E-state index is 13.0. The summed E-state index contributed by atoms with van der Waals surface area (Å²) in [5, 5.41) is 0. The molecule has 0 N–H and O–H groups in total. The van der Waals surface area contributed by atoms with Crippen molar-refractivity contribution in [3.63, 3.8) is 0 Å². The molecule has 4 nitrogen and oxygen atoms in total. The summed E-state index contributed by atoms with van der Waals surface area (Å²) in [5.41, 5.74) is 0.0199. The number of carbonyl (C=O) groups is 1.